The topological polar surface area (TPSA) is 62.3 Å². The van der Waals surface area contributed by atoms with Crippen LogP contribution in [0.4, 0.5) is 4.39 Å². The highest BCUT2D eigenvalue weighted by molar-refractivity contribution is 7.20. The van der Waals surface area contributed by atoms with Crippen molar-refractivity contribution in [1.82, 2.24) is 15.2 Å². The van der Waals surface area contributed by atoms with Crippen molar-refractivity contribution >= 4 is 34.5 Å². The molecular formula is C23H24FN3O2S2. The van der Waals surface area contributed by atoms with Gasteiger partial charge in [0.2, 0.25) is 11.8 Å². The summed E-state index contributed by atoms with van der Waals surface area (Å²) in [4.78, 5) is 32.6. The Kier molecular flexibility index (Phi) is 7.09. The first kappa shape index (κ1) is 21.6. The number of carbonyl (C=O) groups is 2. The van der Waals surface area contributed by atoms with Gasteiger partial charge >= 0.3 is 0 Å². The average molecular weight is 458 g/mol. The smallest absolute Gasteiger partial charge is 0.226 e. The van der Waals surface area contributed by atoms with Gasteiger partial charge in [-0.2, -0.15) is 0 Å². The molecular weight excluding hydrogens is 433 g/mol. The molecule has 1 saturated heterocycles. The minimum absolute atomic E-state index is 0.0237. The minimum atomic E-state index is -0.305. The van der Waals surface area contributed by atoms with Crippen LogP contribution in [-0.2, 0) is 22.4 Å². The highest BCUT2D eigenvalue weighted by Gasteiger charge is 2.27. The average Bonchev–Trinajstić information content (AvgIpc) is 3.47. The van der Waals surface area contributed by atoms with Crippen LogP contribution in [0, 0.1) is 11.7 Å². The summed E-state index contributed by atoms with van der Waals surface area (Å²) >= 11 is 3.30. The maximum Gasteiger partial charge on any atom is 0.226 e. The molecule has 0 atom stereocenters. The summed E-state index contributed by atoms with van der Waals surface area (Å²) in [6, 6.07) is 10.1. The molecule has 8 heteroatoms. The van der Waals surface area contributed by atoms with Crippen LogP contribution in [-0.4, -0.2) is 41.3 Å². The van der Waals surface area contributed by atoms with E-state index in [9.17, 15) is 14.0 Å². The van der Waals surface area contributed by atoms with Gasteiger partial charge in [-0.05, 0) is 42.0 Å². The maximum absolute atomic E-state index is 13.0. The molecule has 1 aliphatic heterocycles. The number of hydrogen-bond acceptors (Lipinski definition) is 5. The molecule has 1 aromatic carbocycles. The second kappa shape index (κ2) is 10.2. The Morgan fingerprint density at radius 1 is 1.13 bits per heavy atom. The zero-order chi connectivity index (χ0) is 21.6. The van der Waals surface area contributed by atoms with Crippen molar-refractivity contribution in [2.24, 2.45) is 5.92 Å². The van der Waals surface area contributed by atoms with Crippen molar-refractivity contribution in [2.45, 2.75) is 25.7 Å². The molecule has 1 aliphatic rings. The Hall–Kier alpha value is -2.58. The molecule has 0 radical (unpaired) electrons. The van der Waals surface area contributed by atoms with Gasteiger partial charge in [-0.3, -0.25) is 9.59 Å². The van der Waals surface area contributed by atoms with Gasteiger partial charge in [0.15, 0.2) is 0 Å². The monoisotopic (exact) mass is 457 g/mol. The van der Waals surface area contributed by atoms with E-state index in [-0.39, 0.29) is 30.0 Å². The highest BCUT2D eigenvalue weighted by Crippen LogP contribution is 2.27. The summed E-state index contributed by atoms with van der Waals surface area (Å²) in [7, 11) is 0. The Morgan fingerprint density at radius 3 is 2.61 bits per heavy atom. The number of benzene rings is 1. The summed E-state index contributed by atoms with van der Waals surface area (Å²) in [5.41, 5.74) is 1.80. The van der Waals surface area contributed by atoms with E-state index in [1.807, 2.05) is 16.8 Å². The van der Waals surface area contributed by atoms with Crippen LogP contribution >= 0.6 is 22.7 Å². The van der Waals surface area contributed by atoms with Crippen molar-refractivity contribution in [3.63, 3.8) is 0 Å². The van der Waals surface area contributed by atoms with E-state index < -0.39 is 0 Å². The number of nitrogens with one attached hydrogen (secondary N) is 1. The number of aromatic nitrogens is 1. The number of piperidine rings is 1. The fraction of sp³-hybridized carbons (Fsp3) is 0.348. The van der Waals surface area contributed by atoms with Crippen molar-refractivity contribution < 1.29 is 14.0 Å². The molecule has 5 nitrogen and oxygen atoms in total. The van der Waals surface area contributed by atoms with Crippen molar-refractivity contribution in [3.05, 3.63) is 64.2 Å². The van der Waals surface area contributed by atoms with Crippen LogP contribution in [0.5, 0.6) is 0 Å². The van der Waals surface area contributed by atoms with Gasteiger partial charge < -0.3 is 10.2 Å². The summed E-state index contributed by atoms with van der Waals surface area (Å²) in [6.45, 7) is 1.72. The van der Waals surface area contributed by atoms with E-state index >= 15 is 0 Å². The zero-order valence-electron chi connectivity index (χ0n) is 17.1. The lowest BCUT2D eigenvalue weighted by Crippen LogP contribution is -2.43. The predicted molar refractivity (Wildman–Crippen MR) is 122 cm³/mol. The van der Waals surface area contributed by atoms with Crippen LogP contribution in [0.2, 0.25) is 0 Å². The fourth-order valence-electron chi connectivity index (χ4n) is 3.67. The summed E-state index contributed by atoms with van der Waals surface area (Å²) in [6.07, 6.45) is 2.31. The Bertz CT molecular complexity index is 1010. The highest BCUT2D eigenvalue weighted by atomic mass is 32.1. The van der Waals surface area contributed by atoms with E-state index in [4.69, 9.17) is 0 Å². The summed E-state index contributed by atoms with van der Waals surface area (Å²) in [5, 5.41) is 8.13. The number of amides is 2. The van der Waals surface area contributed by atoms with Crippen molar-refractivity contribution in [2.75, 3.05) is 19.6 Å². The Balaban J connectivity index is 1.18. The van der Waals surface area contributed by atoms with Gasteiger partial charge in [0, 0.05) is 37.4 Å². The molecule has 1 fully saturated rings. The van der Waals surface area contributed by atoms with Crippen molar-refractivity contribution in [3.8, 4) is 9.88 Å². The van der Waals surface area contributed by atoms with Crippen LogP contribution in [0.25, 0.3) is 9.88 Å². The van der Waals surface area contributed by atoms with E-state index in [1.165, 1.54) is 17.0 Å². The first-order valence-corrected chi connectivity index (χ1v) is 12.1. The molecule has 31 heavy (non-hydrogen) atoms. The Morgan fingerprint density at radius 2 is 1.90 bits per heavy atom. The molecule has 0 bridgehead atoms. The number of nitrogens with zero attached hydrogens (tertiary/aromatic N) is 2. The molecule has 4 rings (SSSR count). The molecule has 0 spiro atoms. The quantitative estimate of drug-likeness (QED) is 0.580. The lowest BCUT2D eigenvalue weighted by molar-refractivity contribution is -0.135. The summed E-state index contributed by atoms with van der Waals surface area (Å²) < 4.78 is 13.0. The molecule has 3 aromatic rings. The van der Waals surface area contributed by atoms with E-state index in [0.29, 0.717) is 38.9 Å². The SMILES string of the molecule is O=C(NCCc1csc(-c2cccs2)n1)C1CCN(C(=O)Cc2ccc(F)cc2)CC1. The predicted octanol–water partition coefficient (Wildman–Crippen LogP) is 4.15. The third-order valence-electron chi connectivity index (χ3n) is 5.45. The number of thiazole rings is 1. The molecule has 162 valence electrons. The number of hydrogen-bond donors (Lipinski definition) is 1. The first-order chi connectivity index (χ1) is 15.1. The lowest BCUT2D eigenvalue weighted by Gasteiger charge is -2.31. The van der Waals surface area contributed by atoms with Crippen LogP contribution in [0.1, 0.15) is 24.1 Å². The Labute approximate surface area is 188 Å². The molecule has 1 N–H and O–H groups in total. The molecule has 0 saturated carbocycles. The van der Waals surface area contributed by atoms with Crippen LogP contribution < -0.4 is 5.32 Å². The number of likely N-dealkylation sites (tertiary alicyclic amines) is 1. The third kappa shape index (κ3) is 5.77. The molecule has 0 unspecified atom stereocenters. The molecule has 3 heterocycles. The zero-order valence-corrected chi connectivity index (χ0v) is 18.7. The second-order valence-electron chi connectivity index (χ2n) is 7.62. The van der Waals surface area contributed by atoms with Gasteiger partial charge in [0.05, 0.1) is 17.0 Å². The number of halogens is 1. The van der Waals surface area contributed by atoms with Gasteiger partial charge in [-0.1, -0.05) is 18.2 Å². The fourth-order valence-corrected chi connectivity index (χ4v) is 5.34. The standard InChI is InChI=1S/C23H24FN3O2S2/c24-18-5-3-16(4-6-18)14-21(28)27-11-8-17(9-12-27)22(29)25-10-7-19-15-31-23(26-19)20-2-1-13-30-20/h1-6,13,15,17H,7-12,14H2,(H,25,29). The van der Waals surface area contributed by atoms with E-state index in [2.05, 4.69) is 16.4 Å². The molecule has 2 aromatic heterocycles. The minimum Gasteiger partial charge on any atom is -0.355 e. The van der Waals surface area contributed by atoms with Crippen molar-refractivity contribution in [1.29, 1.82) is 0 Å². The number of thiophene rings is 1. The van der Waals surface area contributed by atoms with Crippen LogP contribution in [0.15, 0.2) is 47.2 Å². The lowest BCUT2D eigenvalue weighted by atomic mass is 9.95. The van der Waals surface area contributed by atoms with Crippen LogP contribution in [0.3, 0.4) is 0 Å². The second-order valence-corrected chi connectivity index (χ2v) is 9.43. The summed E-state index contributed by atoms with van der Waals surface area (Å²) in [5.74, 6) is -0.289. The third-order valence-corrected chi connectivity index (χ3v) is 7.38. The van der Waals surface area contributed by atoms with E-state index in [1.54, 1.807) is 39.7 Å². The van der Waals surface area contributed by atoms with Gasteiger partial charge in [0.1, 0.15) is 10.8 Å². The number of rotatable bonds is 7. The van der Waals surface area contributed by atoms with Gasteiger partial charge in [0.25, 0.3) is 0 Å². The van der Waals surface area contributed by atoms with E-state index in [0.717, 1.165) is 16.3 Å². The van der Waals surface area contributed by atoms with Gasteiger partial charge in [-0.15, -0.1) is 22.7 Å². The maximum atomic E-state index is 13.0. The molecule has 2 amide bonds. The molecule has 0 aliphatic carbocycles. The largest absolute Gasteiger partial charge is 0.355 e. The normalized spacial score (nSPS) is 14.5. The van der Waals surface area contributed by atoms with Gasteiger partial charge in [-0.25, -0.2) is 9.37 Å². The number of carbonyl (C=O) groups excluding carboxylic acids is 2. The first-order valence-electron chi connectivity index (χ1n) is 10.4.